The quantitative estimate of drug-likeness (QED) is 0.359. The zero-order chi connectivity index (χ0) is 24.9. The number of nitrogens with zero attached hydrogens (tertiary/aromatic N) is 1. The van der Waals surface area contributed by atoms with E-state index in [0.29, 0.717) is 41.0 Å². The average molecular weight is 491 g/mol. The first-order valence-electron chi connectivity index (χ1n) is 11.0. The van der Waals surface area contributed by atoms with Crippen LogP contribution in [0.15, 0.2) is 72.3 Å². The van der Waals surface area contributed by atoms with E-state index in [1.165, 1.54) is 6.08 Å². The van der Waals surface area contributed by atoms with Crippen molar-refractivity contribution in [3.05, 3.63) is 94.0 Å². The summed E-state index contributed by atoms with van der Waals surface area (Å²) >= 11 is 6.38. The van der Waals surface area contributed by atoms with Crippen molar-refractivity contribution in [2.24, 2.45) is 0 Å². The molecule has 4 amide bonds. The summed E-state index contributed by atoms with van der Waals surface area (Å²) in [5.41, 5.74) is 2.79. The number of urea groups is 1. The number of carbonyl (C=O) groups is 3. The van der Waals surface area contributed by atoms with E-state index in [0.717, 1.165) is 16.0 Å². The molecule has 4 rings (SSSR count). The van der Waals surface area contributed by atoms with Crippen molar-refractivity contribution < 1.29 is 23.9 Å². The minimum absolute atomic E-state index is 0.192. The third-order valence-electron chi connectivity index (χ3n) is 5.29. The number of nitrogens with one attached hydrogen (secondary N) is 1. The van der Waals surface area contributed by atoms with Crippen LogP contribution in [0.4, 0.5) is 10.5 Å². The lowest BCUT2D eigenvalue weighted by atomic mass is 10.1. The van der Waals surface area contributed by atoms with Gasteiger partial charge in [-0.25, -0.2) is 9.69 Å². The largest absolute Gasteiger partial charge is 0.494 e. The Morgan fingerprint density at radius 2 is 1.66 bits per heavy atom. The molecule has 0 unspecified atom stereocenters. The van der Waals surface area contributed by atoms with Crippen molar-refractivity contribution in [1.82, 2.24) is 5.32 Å². The standard InChI is InChI=1S/C27H23ClN2O5/c1-3-34-21-11-9-20(10-12-21)30-26(32)22(25(31)29-27(30)33)14-19-8-13-24(23(28)15-19)35-16-18-6-4-17(2)5-7-18/h4-15H,3,16H2,1-2H3,(H,29,31,33)/b22-14+. The normalized spacial score (nSPS) is 14.8. The van der Waals surface area contributed by atoms with Crippen LogP contribution in [0.25, 0.3) is 6.08 Å². The molecule has 0 radical (unpaired) electrons. The summed E-state index contributed by atoms with van der Waals surface area (Å²) in [4.78, 5) is 38.8. The van der Waals surface area contributed by atoms with Crippen LogP contribution in [0.5, 0.6) is 11.5 Å². The van der Waals surface area contributed by atoms with Gasteiger partial charge in [-0.05, 0) is 67.4 Å². The summed E-state index contributed by atoms with van der Waals surface area (Å²) in [6, 6.07) is 18.5. The molecule has 1 aliphatic rings. The summed E-state index contributed by atoms with van der Waals surface area (Å²) in [5, 5.41) is 2.54. The van der Waals surface area contributed by atoms with Gasteiger partial charge in [-0.15, -0.1) is 0 Å². The summed E-state index contributed by atoms with van der Waals surface area (Å²) in [7, 11) is 0. The van der Waals surface area contributed by atoms with Crippen LogP contribution in [0.3, 0.4) is 0 Å². The Morgan fingerprint density at radius 1 is 0.943 bits per heavy atom. The fourth-order valence-corrected chi connectivity index (χ4v) is 3.73. The third kappa shape index (κ3) is 5.53. The van der Waals surface area contributed by atoms with Crippen molar-refractivity contribution in [1.29, 1.82) is 0 Å². The molecule has 0 aromatic heterocycles. The van der Waals surface area contributed by atoms with E-state index in [1.807, 2.05) is 38.1 Å². The Bertz CT molecular complexity index is 1300. The lowest BCUT2D eigenvalue weighted by molar-refractivity contribution is -0.122. The summed E-state index contributed by atoms with van der Waals surface area (Å²) < 4.78 is 11.2. The first-order valence-corrected chi connectivity index (χ1v) is 11.4. The summed E-state index contributed by atoms with van der Waals surface area (Å²) in [6.07, 6.45) is 1.39. The lowest BCUT2D eigenvalue weighted by Gasteiger charge is -2.26. The number of carbonyl (C=O) groups excluding carboxylic acids is 3. The van der Waals surface area contributed by atoms with Gasteiger partial charge in [0.1, 0.15) is 23.7 Å². The highest BCUT2D eigenvalue weighted by molar-refractivity contribution is 6.39. The van der Waals surface area contributed by atoms with Gasteiger partial charge >= 0.3 is 6.03 Å². The molecule has 1 fully saturated rings. The molecule has 0 spiro atoms. The second kappa shape index (κ2) is 10.4. The van der Waals surface area contributed by atoms with E-state index < -0.39 is 17.8 Å². The number of hydrogen-bond donors (Lipinski definition) is 1. The van der Waals surface area contributed by atoms with Gasteiger partial charge < -0.3 is 9.47 Å². The number of halogens is 1. The number of barbiturate groups is 1. The molecule has 3 aromatic carbocycles. The molecular weight excluding hydrogens is 468 g/mol. The Hall–Kier alpha value is -4.10. The second-order valence-corrected chi connectivity index (χ2v) is 8.26. The van der Waals surface area contributed by atoms with Crippen molar-refractivity contribution in [3.63, 3.8) is 0 Å². The zero-order valence-electron chi connectivity index (χ0n) is 19.2. The molecule has 0 bridgehead atoms. The SMILES string of the molecule is CCOc1ccc(N2C(=O)NC(=O)/C(=C\c3ccc(OCc4ccc(C)cc4)c(Cl)c3)C2=O)cc1. The minimum atomic E-state index is -0.820. The number of hydrogen-bond acceptors (Lipinski definition) is 5. The van der Waals surface area contributed by atoms with Crippen LogP contribution < -0.4 is 19.7 Å². The molecule has 8 heteroatoms. The molecular formula is C27H23ClN2O5. The third-order valence-corrected chi connectivity index (χ3v) is 5.58. The number of aryl methyl sites for hydroxylation is 1. The molecule has 1 saturated heterocycles. The second-order valence-electron chi connectivity index (χ2n) is 7.85. The lowest BCUT2D eigenvalue weighted by Crippen LogP contribution is -2.54. The van der Waals surface area contributed by atoms with E-state index in [-0.39, 0.29) is 5.57 Å². The van der Waals surface area contributed by atoms with E-state index in [9.17, 15) is 14.4 Å². The Labute approximate surface area is 207 Å². The number of imide groups is 2. The predicted molar refractivity (Wildman–Crippen MR) is 134 cm³/mol. The molecule has 178 valence electrons. The topological polar surface area (TPSA) is 84.9 Å². The average Bonchev–Trinajstić information content (AvgIpc) is 2.83. The molecule has 1 aliphatic heterocycles. The van der Waals surface area contributed by atoms with Crippen molar-refractivity contribution in [2.45, 2.75) is 20.5 Å². The van der Waals surface area contributed by atoms with Crippen LogP contribution in [-0.2, 0) is 16.2 Å². The number of ether oxygens (including phenoxy) is 2. The fourth-order valence-electron chi connectivity index (χ4n) is 3.49. The van der Waals surface area contributed by atoms with Crippen LogP contribution in [-0.4, -0.2) is 24.5 Å². The maximum atomic E-state index is 13.1. The Balaban J connectivity index is 1.53. The molecule has 1 heterocycles. The van der Waals surface area contributed by atoms with Gasteiger partial charge in [0.25, 0.3) is 11.8 Å². The van der Waals surface area contributed by atoms with Crippen LogP contribution in [0.1, 0.15) is 23.6 Å². The van der Waals surface area contributed by atoms with E-state index in [4.69, 9.17) is 21.1 Å². The Kier molecular flexibility index (Phi) is 7.17. The highest BCUT2D eigenvalue weighted by Gasteiger charge is 2.36. The molecule has 0 atom stereocenters. The maximum Gasteiger partial charge on any atom is 0.335 e. The van der Waals surface area contributed by atoms with E-state index in [2.05, 4.69) is 5.32 Å². The number of rotatable bonds is 7. The van der Waals surface area contributed by atoms with Crippen molar-refractivity contribution in [3.8, 4) is 11.5 Å². The maximum absolute atomic E-state index is 13.1. The molecule has 35 heavy (non-hydrogen) atoms. The molecule has 1 N–H and O–H groups in total. The number of anilines is 1. The van der Waals surface area contributed by atoms with Gasteiger partial charge in [-0.3, -0.25) is 14.9 Å². The van der Waals surface area contributed by atoms with Crippen molar-refractivity contribution >= 4 is 41.2 Å². The van der Waals surface area contributed by atoms with Crippen LogP contribution >= 0.6 is 11.6 Å². The van der Waals surface area contributed by atoms with E-state index >= 15 is 0 Å². The highest BCUT2D eigenvalue weighted by atomic mass is 35.5. The zero-order valence-corrected chi connectivity index (χ0v) is 20.0. The molecule has 3 aromatic rings. The number of amides is 4. The molecule has 0 saturated carbocycles. The van der Waals surface area contributed by atoms with E-state index in [1.54, 1.807) is 42.5 Å². The first kappa shape index (κ1) is 24.0. The van der Waals surface area contributed by atoms with Gasteiger partial charge in [0.05, 0.1) is 17.3 Å². The smallest absolute Gasteiger partial charge is 0.335 e. The monoisotopic (exact) mass is 490 g/mol. The minimum Gasteiger partial charge on any atom is -0.494 e. The Morgan fingerprint density at radius 3 is 2.31 bits per heavy atom. The molecule has 7 nitrogen and oxygen atoms in total. The van der Waals surface area contributed by atoms with Crippen LogP contribution in [0.2, 0.25) is 5.02 Å². The van der Waals surface area contributed by atoms with Crippen LogP contribution in [0, 0.1) is 6.92 Å². The van der Waals surface area contributed by atoms with Gasteiger partial charge in [0, 0.05) is 0 Å². The van der Waals surface area contributed by atoms with Gasteiger partial charge in [0.15, 0.2) is 0 Å². The predicted octanol–water partition coefficient (Wildman–Crippen LogP) is 5.29. The van der Waals surface area contributed by atoms with Gasteiger partial charge in [0.2, 0.25) is 0 Å². The van der Waals surface area contributed by atoms with Gasteiger partial charge in [-0.1, -0.05) is 47.5 Å². The summed E-state index contributed by atoms with van der Waals surface area (Å²) in [5.74, 6) is -0.441. The summed E-state index contributed by atoms with van der Waals surface area (Å²) in [6.45, 7) is 4.70. The number of benzene rings is 3. The highest BCUT2D eigenvalue weighted by Crippen LogP contribution is 2.29. The van der Waals surface area contributed by atoms with Crippen molar-refractivity contribution in [2.75, 3.05) is 11.5 Å². The fraction of sp³-hybridized carbons (Fsp3) is 0.148. The first-order chi connectivity index (χ1) is 16.9. The molecule has 0 aliphatic carbocycles. The van der Waals surface area contributed by atoms with Gasteiger partial charge in [-0.2, -0.15) is 0 Å².